The molecule has 0 spiro atoms. The van der Waals surface area contributed by atoms with E-state index in [4.69, 9.17) is 4.74 Å². The van der Waals surface area contributed by atoms with E-state index < -0.39 is 0 Å². The Morgan fingerprint density at radius 2 is 2.21 bits per heavy atom. The van der Waals surface area contributed by atoms with E-state index >= 15 is 0 Å². The molecule has 0 N–H and O–H groups in total. The van der Waals surface area contributed by atoms with Crippen LogP contribution in [0.3, 0.4) is 0 Å². The number of fused-ring (bicyclic) bond motifs is 1. The van der Waals surface area contributed by atoms with Crippen molar-refractivity contribution in [2.75, 3.05) is 6.61 Å². The lowest BCUT2D eigenvalue weighted by molar-refractivity contribution is 0.339. The Balaban J connectivity index is 2.70. The second-order valence-corrected chi connectivity index (χ2v) is 4.89. The van der Waals surface area contributed by atoms with Gasteiger partial charge in [-0.3, -0.25) is 0 Å². The van der Waals surface area contributed by atoms with E-state index in [0.717, 1.165) is 9.96 Å². The first-order valence-electron chi connectivity index (χ1n) is 4.58. The maximum absolute atomic E-state index is 5.58. The summed E-state index contributed by atoms with van der Waals surface area (Å²) >= 11 is 6.12. The van der Waals surface area contributed by atoms with E-state index in [1.54, 1.807) is 11.3 Å². The van der Waals surface area contributed by atoms with Gasteiger partial charge < -0.3 is 4.74 Å². The van der Waals surface area contributed by atoms with Crippen LogP contribution in [0.2, 0.25) is 0 Å². The quantitative estimate of drug-likeness (QED) is 0.761. The number of aryl methyl sites for hydroxylation is 1. The van der Waals surface area contributed by atoms with Gasteiger partial charge in [0.15, 0.2) is 5.75 Å². The molecular formula is C11H12OS2. The molecule has 0 saturated carbocycles. The predicted octanol–water partition coefficient (Wildman–Crippen LogP) is 3.90. The van der Waals surface area contributed by atoms with Crippen LogP contribution < -0.4 is 4.74 Å². The summed E-state index contributed by atoms with van der Waals surface area (Å²) < 4.78 is 7.83. The van der Waals surface area contributed by atoms with Gasteiger partial charge in [0.05, 0.1) is 6.61 Å². The number of ether oxygens (including phenoxy) is 1. The standard InChI is InChI=1S/C11H12OS2/c1-3-12-9-8-6-4-5-7(2)10(8)14-11(9)13/h4-6,13H,3H2,1-2H3. The molecule has 0 bridgehead atoms. The minimum absolute atomic E-state index is 0.688. The van der Waals surface area contributed by atoms with Gasteiger partial charge in [-0.25, -0.2) is 0 Å². The molecule has 3 heteroatoms. The third kappa shape index (κ3) is 1.51. The van der Waals surface area contributed by atoms with Crippen LogP contribution in [-0.2, 0) is 0 Å². The monoisotopic (exact) mass is 224 g/mol. The molecule has 0 saturated heterocycles. The van der Waals surface area contributed by atoms with Crippen LogP contribution in [0.15, 0.2) is 22.4 Å². The molecule has 0 aliphatic heterocycles. The van der Waals surface area contributed by atoms with Crippen LogP contribution in [0.5, 0.6) is 5.75 Å². The second kappa shape index (κ2) is 3.83. The zero-order chi connectivity index (χ0) is 10.1. The van der Waals surface area contributed by atoms with Crippen molar-refractivity contribution in [3.63, 3.8) is 0 Å². The highest BCUT2D eigenvalue weighted by atomic mass is 32.2. The molecule has 1 nitrogen and oxygen atoms in total. The van der Waals surface area contributed by atoms with Crippen LogP contribution in [0.25, 0.3) is 10.1 Å². The lowest BCUT2D eigenvalue weighted by atomic mass is 10.2. The minimum atomic E-state index is 0.688. The van der Waals surface area contributed by atoms with E-state index in [1.165, 1.54) is 15.6 Å². The van der Waals surface area contributed by atoms with Crippen molar-refractivity contribution in [2.24, 2.45) is 0 Å². The molecular weight excluding hydrogens is 212 g/mol. The maximum atomic E-state index is 5.58. The highest BCUT2D eigenvalue weighted by Gasteiger charge is 2.11. The summed E-state index contributed by atoms with van der Waals surface area (Å²) in [6.07, 6.45) is 0. The molecule has 0 amide bonds. The average molecular weight is 224 g/mol. The van der Waals surface area contributed by atoms with Crippen molar-refractivity contribution in [1.29, 1.82) is 0 Å². The van der Waals surface area contributed by atoms with E-state index in [2.05, 4.69) is 37.8 Å². The lowest BCUT2D eigenvalue weighted by Gasteiger charge is -2.01. The van der Waals surface area contributed by atoms with Gasteiger partial charge in [-0.05, 0) is 25.5 Å². The number of thiophene rings is 1. The number of rotatable bonds is 2. The Morgan fingerprint density at radius 3 is 2.93 bits per heavy atom. The number of thiol groups is 1. The summed E-state index contributed by atoms with van der Waals surface area (Å²) in [5.74, 6) is 0.930. The Labute approximate surface area is 93.1 Å². The van der Waals surface area contributed by atoms with Crippen molar-refractivity contribution in [3.8, 4) is 5.75 Å². The molecule has 1 aromatic heterocycles. The van der Waals surface area contributed by atoms with Gasteiger partial charge in [0.1, 0.15) is 4.21 Å². The van der Waals surface area contributed by atoms with Crippen molar-refractivity contribution < 1.29 is 4.74 Å². The molecule has 0 radical (unpaired) electrons. The second-order valence-electron chi connectivity index (χ2n) is 3.12. The third-order valence-corrected chi connectivity index (χ3v) is 3.74. The van der Waals surface area contributed by atoms with E-state index in [9.17, 15) is 0 Å². The van der Waals surface area contributed by atoms with Gasteiger partial charge in [0.25, 0.3) is 0 Å². The molecule has 1 aromatic carbocycles. The average Bonchev–Trinajstić information content (AvgIpc) is 2.47. The molecule has 0 unspecified atom stereocenters. The molecule has 2 rings (SSSR count). The van der Waals surface area contributed by atoms with Crippen LogP contribution in [0.4, 0.5) is 0 Å². The zero-order valence-electron chi connectivity index (χ0n) is 8.20. The van der Waals surface area contributed by atoms with Crippen molar-refractivity contribution in [1.82, 2.24) is 0 Å². The number of hydrogen-bond donors (Lipinski definition) is 1. The fraction of sp³-hybridized carbons (Fsp3) is 0.273. The van der Waals surface area contributed by atoms with Crippen LogP contribution in [-0.4, -0.2) is 6.61 Å². The van der Waals surface area contributed by atoms with E-state index in [-0.39, 0.29) is 0 Å². The Bertz CT molecular complexity index is 460. The summed E-state index contributed by atoms with van der Waals surface area (Å²) in [6.45, 7) is 4.79. The fourth-order valence-corrected chi connectivity index (χ4v) is 2.92. The van der Waals surface area contributed by atoms with Crippen LogP contribution in [0, 0.1) is 6.92 Å². The Hall–Kier alpha value is -0.670. The highest BCUT2D eigenvalue weighted by Crippen LogP contribution is 2.41. The third-order valence-electron chi connectivity index (χ3n) is 2.14. The predicted molar refractivity (Wildman–Crippen MR) is 65.0 cm³/mol. The molecule has 2 aromatic rings. The van der Waals surface area contributed by atoms with Crippen molar-refractivity contribution in [2.45, 2.75) is 18.1 Å². The first-order chi connectivity index (χ1) is 6.74. The summed E-state index contributed by atoms with van der Waals surface area (Å²) in [7, 11) is 0. The summed E-state index contributed by atoms with van der Waals surface area (Å²) in [4.78, 5) is 0. The first-order valence-corrected chi connectivity index (χ1v) is 5.84. The molecule has 0 aliphatic rings. The summed E-state index contributed by atoms with van der Waals surface area (Å²) in [5, 5.41) is 1.18. The smallest absolute Gasteiger partial charge is 0.151 e. The van der Waals surface area contributed by atoms with Crippen LogP contribution >= 0.6 is 24.0 Å². The van der Waals surface area contributed by atoms with Crippen molar-refractivity contribution >= 4 is 34.1 Å². The molecule has 1 heterocycles. The first kappa shape index (κ1) is 9.87. The van der Waals surface area contributed by atoms with Gasteiger partial charge in [-0.1, -0.05) is 12.1 Å². The van der Waals surface area contributed by atoms with Crippen LogP contribution in [0.1, 0.15) is 12.5 Å². The maximum Gasteiger partial charge on any atom is 0.151 e. The lowest BCUT2D eigenvalue weighted by Crippen LogP contribution is -1.90. The topological polar surface area (TPSA) is 9.23 Å². The van der Waals surface area contributed by atoms with Gasteiger partial charge in [-0.15, -0.1) is 24.0 Å². The summed E-state index contributed by atoms with van der Waals surface area (Å²) in [5.41, 5.74) is 1.29. The highest BCUT2D eigenvalue weighted by molar-refractivity contribution is 7.83. The number of hydrogen-bond acceptors (Lipinski definition) is 3. The van der Waals surface area contributed by atoms with Gasteiger partial charge in [0, 0.05) is 10.1 Å². The largest absolute Gasteiger partial charge is 0.491 e. The SMILES string of the molecule is CCOc1c(S)sc2c(C)cccc12. The minimum Gasteiger partial charge on any atom is -0.491 e. The number of benzene rings is 1. The Morgan fingerprint density at radius 1 is 1.43 bits per heavy atom. The zero-order valence-corrected chi connectivity index (χ0v) is 9.91. The van der Waals surface area contributed by atoms with E-state index in [1.807, 2.05) is 6.92 Å². The van der Waals surface area contributed by atoms with Gasteiger partial charge in [-0.2, -0.15) is 0 Å². The van der Waals surface area contributed by atoms with Gasteiger partial charge in [0.2, 0.25) is 0 Å². The molecule has 0 aliphatic carbocycles. The normalized spacial score (nSPS) is 10.8. The van der Waals surface area contributed by atoms with E-state index in [0.29, 0.717) is 6.61 Å². The fourth-order valence-electron chi connectivity index (χ4n) is 1.51. The molecule has 14 heavy (non-hydrogen) atoms. The summed E-state index contributed by atoms with van der Waals surface area (Å²) in [6, 6.07) is 6.26. The van der Waals surface area contributed by atoms with Crippen molar-refractivity contribution in [3.05, 3.63) is 23.8 Å². The molecule has 74 valence electrons. The Kier molecular flexibility index (Phi) is 2.70. The van der Waals surface area contributed by atoms with Gasteiger partial charge >= 0.3 is 0 Å². The molecule has 0 atom stereocenters. The molecule has 0 fully saturated rings.